The highest BCUT2D eigenvalue weighted by Gasteiger charge is 2.28. The molecule has 0 saturated heterocycles. The Hall–Kier alpha value is -2.56. The van der Waals surface area contributed by atoms with Crippen molar-refractivity contribution < 1.29 is 47.5 Å². The van der Waals surface area contributed by atoms with Crippen molar-refractivity contribution in [2.75, 3.05) is 19.8 Å². The molecule has 0 aliphatic heterocycles. The number of esters is 2. The fourth-order valence-electron chi connectivity index (χ4n) is 4.23. The maximum atomic E-state index is 12.5. The molecule has 4 N–H and O–H groups in total. The molecule has 48 heavy (non-hydrogen) atoms. The largest absolute Gasteiger partial charge is 0.480 e. The Balaban J connectivity index is 4.50. The number of carbonyl (C=O) groups excluding carboxylic acids is 2. The van der Waals surface area contributed by atoms with Gasteiger partial charge in [0.15, 0.2) is 6.10 Å². The molecular formula is C36H62NO10P. The number of phosphoric ester groups is 1. The van der Waals surface area contributed by atoms with Crippen LogP contribution in [0, 0.1) is 0 Å². The summed E-state index contributed by atoms with van der Waals surface area (Å²) in [6.45, 7) is 2.61. The molecule has 0 radical (unpaired) electrons. The molecule has 0 spiro atoms. The van der Waals surface area contributed by atoms with Crippen molar-refractivity contribution in [3.63, 3.8) is 0 Å². The van der Waals surface area contributed by atoms with E-state index in [1.807, 2.05) is 0 Å². The fraction of sp³-hybridized carbons (Fsp3) is 0.694. The molecule has 0 aromatic rings. The number of unbranched alkanes of at least 4 members (excludes halogenated alkanes) is 10. The van der Waals surface area contributed by atoms with Gasteiger partial charge in [-0.25, -0.2) is 4.57 Å². The van der Waals surface area contributed by atoms with Gasteiger partial charge < -0.3 is 25.2 Å². The van der Waals surface area contributed by atoms with Crippen molar-refractivity contribution in [3.8, 4) is 0 Å². The summed E-state index contributed by atoms with van der Waals surface area (Å²) < 4.78 is 32.4. The lowest BCUT2D eigenvalue weighted by Crippen LogP contribution is -2.34. The van der Waals surface area contributed by atoms with E-state index in [2.05, 4.69) is 67.0 Å². The Kier molecular flexibility index (Phi) is 30.0. The van der Waals surface area contributed by atoms with Gasteiger partial charge in [-0.1, -0.05) is 114 Å². The van der Waals surface area contributed by atoms with Crippen LogP contribution in [-0.4, -0.2) is 59.9 Å². The zero-order valence-corrected chi connectivity index (χ0v) is 30.2. The minimum absolute atomic E-state index is 0.123. The van der Waals surface area contributed by atoms with E-state index >= 15 is 0 Å². The van der Waals surface area contributed by atoms with Crippen LogP contribution in [0.25, 0.3) is 0 Å². The molecule has 3 atom stereocenters. The third kappa shape index (κ3) is 30.8. The summed E-state index contributed by atoms with van der Waals surface area (Å²) in [6.07, 6.45) is 32.1. The topological polar surface area (TPSA) is 172 Å². The van der Waals surface area contributed by atoms with Gasteiger partial charge in [-0.2, -0.15) is 0 Å². The van der Waals surface area contributed by atoms with Crippen LogP contribution in [0.2, 0.25) is 0 Å². The number of nitrogens with two attached hydrogens (primary N) is 1. The van der Waals surface area contributed by atoms with Gasteiger partial charge in [0, 0.05) is 12.8 Å². The van der Waals surface area contributed by atoms with Gasteiger partial charge in [-0.15, -0.1) is 0 Å². The molecule has 0 aliphatic rings. The number of ether oxygens (including phenoxy) is 2. The van der Waals surface area contributed by atoms with Crippen LogP contribution in [0.4, 0.5) is 0 Å². The number of carboxylic acids is 1. The second kappa shape index (κ2) is 31.7. The third-order valence-electron chi connectivity index (χ3n) is 7.06. The maximum absolute atomic E-state index is 12.5. The molecule has 0 aromatic carbocycles. The van der Waals surface area contributed by atoms with Crippen molar-refractivity contribution in [2.24, 2.45) is 5.73 Å². The number of hydrogen-bond acceptors (Lipinski definition) is 9. The summed E-state index contributed by atoms with van der Waals surface area (Å²) >= 11 is 0. The normalized spacial score (nSPS) is 14.6. The van der Waals surface area contributed by atoms with Crippen LogP contribution in [0.1, 0.15) is 129 Å². The fourth-order valence-corrected chi connectivity index (χ4v) is 5.01. The number of rotatable bonds is 32. The highest BCUT2D eigenvalue weighted by Crippen LogP contribution is 2.43. The smallest absolute Gasteiger partial charge is 0.472 e. The van der Waals surface area contributed by atoms with E-state index < -0.39 is 51.1 Å². The maximum Gasteiger partial charge on any atom is 0.472 e. The van der Waals surface area contributed by atoms with Crippen molar-refractivity contribution >= 4 is 25.7 Å². The summed E-state index contributed by atoms with van der Waals surface area (Å²) in [6, 6.07) is -1.52. The summed E-state index contributed by atoms with van der Waals surface area (Å²) in [5.74, 6) is -2.44. The quantitative estimate of drug-likeness (QED) is 0.0267. The van der Waals surface area contributed by atoms with Gasteiger partial charge in [-0.3, -0.25) is 23.4 Å². The molecule has 0 amide bonds. The molecule has 0 heterocycles. The Morgan fingerprint density at radius 2 is 1.15 bits per heavy atom. The molecule has 0 fully saturated rings. The van der Waals surface area contributed by atoms with Crippen molar-refractivity contribution in [2.45, 2.75) is 142 Å². The molecular weight excluding hydrogens is 637 g/mol. The van der Waals surface area contributed by atoms with Crippen molar-refractivity contribution in [1.29, 1.82) is 0 Å². The number of carboxylic acid groups (broad SMARTS) is 1. The van der Waals surface area contributed by atoms with Gasteiger partial charge >= 0.3 is 25.7 Å². The average Bonchev–Trinajstić information content (AvgIpc) is 3.05. The van der Waals surface area contributed by atoms with E-state index in [-0.39, 0.29) is 19.4 Å². The van der Waals surface area contributed by atoms with Crippen LogP contribution in [-0.2, 0) is 37.5 Å². The van der Waals surface area contributed by atoms with E-state index in [0.29, 0.717) is 12.8 Å². The highest BCUT2D eigenvalue weighted by molar-refractivity contribution is 7.47. The molecule has 0 aliphatic carbocycles. The Bertz CT molecular complexity index is 1010. The van der Waals surface area contributed by atoms with Crippen LogP contribution in [0.5, 0.6) is 0 Å². The van der Waals surface area contributed by atoms with E-state index in [0.717, 1.165) is 64.2 Å². The first-order chi connectivity index (χ1) is 23.1. The van der Waals surface area contributed by atoms with E-state index in [1.165, 1.54) is 25.7 Å². The van der Waals surface area contributed by atoms with E-state index in [1.54, 1.807) is 0 Å². The Labute approximate surface area is 288 Å². The standard InChI is InChI=1S/C36H62NO10P/c1-3-5-7-9-11-12-13-14-15-16-17-18-19-20-22-24-26-28-35(39)47-32(30-45-48(42,43)46-31-33(37)36(40)41)29-44-34(38)27-25-23-21-10-8-6-4-2/h7,9,12-13,15-16,18-19,32-33H,3-6,8,10-11,14,17,20-31,37H2,1-2H3,(H,40,41)(H,42,43)/b9-7+,13-12+,16-15+,19-18+/t32-,33-/m0/s1. The first-order valence-corrected chi connectivity index (χ1v) is 19.2. The van der Waals surface area contributed by atoms with E-state index in [9.17, 15) is 23.8 Å². The first kappa shape index (κ1) is 45.4. The number of carbonyl (C=O) groups is 3. The lowest BCUT2D eigenvalue weighted by molar-refractivity contribution is -0.161. The summed E-state index contributed by atoms with van der Waals surface area (Å²) in [4.78, 5) is 45.5. The number of hydrogen-bond donors (Lipinski definition) is 3. The average molecular weight is 700 g/mol. The minimum Gasteiger partial charge on any atom is -0.480 e. The Morgan fingerprint density at radius 1 is 0.646 bits per heavy atom. The lowest BCUT2D eigenvalue weighted by atomic mass is 10.1. The first-order valence-electron chi connectivity index (χ1n) is 17.7. The summed E-state index contributed by atoms with van der Waals surface area (Å²) in [7, 11) is -4.71. The number of phosphoric acid groups is 1. The number of aliphatic carboxylic acids is 1. The lowest BCUT2D eigenvalue weighted by Gasteiger charge is -2.20. The van der Waals surface area contributed by atoms with Crippen molar-refractivity contribution in [3.05, 3.63) is 48.6 Å². The van der Waals surface area contributed by atoms with Gasteiger partial charge in [0.05, 0.1) is 13.2 Å². The second-order valence-corrected chi connectivity index (χ2v) is 13.1. The van der Waals surface area contributed by atoms with Crippen LogP contribution >= 0.6 is 7.82 Å². The second-order valence-electron chi connectivity index (χ2n) is 11.7. The van der Waals surface area contributed by atoms with Gasteiger partial charge in [-0.05, 0) is 51.4 Å². The zero-order chi connectivity index (χ0) is 35.7. The van der Waals surface area contributed by atoms with Crippen LogP contribution < -0.4 is 5.73 Å². The highest BCUT2D eigenvalue weighted by atomic mass is 31.2. The predicted molar refractivity (Wildman–Crippen MR) is 189 cm³/mol. The molecule has 276 valence electrons. The molecule has 11 nitrogen and oxygen atoms in total. The zero-order valence-electron chi connectivity index (χ0n) is 29.3. The third-order valence-corrected chi connectivity index (χ3v) is 8.01. The van der Waals surface area contributed by atoms with E-state index in [4.69, 9.17) is 24.8 Å². The summed E-state index contributed by atoms with van der Waals surface area (Å²) in [5.41, 5.74) is 5.29. The molecule has 1 unspecified atom stereocenters. The monoisotopic (exact) mass is 699 g/mol. The predicted octanol–water partition coefficient (Wildman–Crippen LogP) is 8.27. The van der Waals surface area contributed by atoms with Gasteiger partial charge in [0.2, 0.25) is 0 Å². The number of allylic oxidation sites excluding steroid dienone is 8. The van der Waals surface area contributed by atoms with Gasteiger partial charge in [0.25, 0.3) is 0 Å². The molecule has 0 aromatic heterocycles. The molecule has 0 saturated carbocycles. The SMILES string of the molecule is CCC/C=C/C/C=C/C/C=C/C/C=C/CCCCCC(=O)O[C@@H](COC(=O)CCCCCCCCC)COP(=O)(O)OC[C@H](N)C(=O)O. The van der Waals surface area contributed by atoms with Gasteiger partial charge in [0.1, 0.15) is 12.6 Å². The molecule has 12 heteroatoms. The summed E-state index contributed by atoms with van der Waals surface area (Å²) in [5, 5.41) is 8.83. The van der Waals surface area contributed by atoms with Crippen LogP contribution in [0.3, 0.4) is 0 Å². The van der Waals surface area contributed by atoms with Crippen molar-refractivity contribution in [1.82, 2.24) is 0 Å². The minimum atomic E-state index is -4.71. The van der Waals surface area contributed by atoms with Crippen LogP contribution in [0.15, 0.2) is 48.6 Å². The Morgan fingerprint density at radius 3 is 1.73 bits per heavy atom. The molecule has 0 rings (SSSR count). The molecule has 0 bridgehead atoms.